The number of hydrogen-bond donors (Lipinski definition) is 1. The Morgan fingerprint density at radius 2 is 2.43 bits per heavy atom. The lowest BCUT2D eigenvalue weighted by atomic mass is 10.1. The van der Waals surface area contributed by atoms with E-state index in [-0.39, 0.29) is 0 Å². The van der Waals surface area contributed by atoms with Crippen LogP contribution in [0.15, 0.2) is 5.16 Å². The van der Waals surface area contributed by atoms with Crippen LogP contribution >= 0.6 is 0 Å². The molecule has 0 spiro atoms. The maximum Gasteiger partial charge on any atom is 0.0504 e. The SMILES string of the molecule is CC[C](C)/C=N\O. The van der Waals surface area contributed by atoms with Gasteiger partial charge in [-0.2, -0.15) is 0 Å². The van der Waals surface area contributed by atoms with Crippen molar-refractivity contribution in [3.05, 3.63) is 5.92 Å². The molecule has 0 aromatic heterocycles. The molecule has 0 unspecified atom stereocenters. The van der Waals surface area contributed by atoms with Crippen molar-refractivity contribution in [3.63, 3.8) is 0 Å². The van der Waals surface area contributed by atoms with Crippen molar-refractivity contribution in [1.82, 2.24) is 0 Å². The number of hydrogen-bond acceptors (Lipinski definition) is 2. The maximum absolute atomic E-state index is 7.92. The highest BCUT2D eigenvalue weighted by Gasteiger charge is 1.89. The van der Waals surface area contributed by atoms with E-state index in [2.05, 4.69) is 5.16 Å². The summed E-state index contributed by atoms with van der Waals surface area (Å²) in [5.41, 5.74) is 0. The maximum atomic E-state index is 7.92. The van der Waals surface area contributed by atoms with Crippen LogP contribution in [0.2, 0.25) is 0 Å². The molecule has 0 aromatic rings. The molecule has 0 fully saturated rings. The Hall–Kier alpha value is -0.530. The van der Waals surface area contributed by atoms with Crippen molar-refractivity contribution in [2.75, 3.05) is 0 Å². The smallest absolute Gasteiger partial charge is 0.0504 e. The van der Waals surface area contributed by atoms with E-state index >= 15 is 0 Å². The summed E-state index contributed by atoms with van der Waals surface area (Å²) in [7, 11) is 0. The summed E-state index contributed by atoms with van der Waals surface area (Å²) in [6.07, 6.45) is 2.39. The summed E-state index contributed by atoms with van der Waals surface area (Å²) >= 11 is 0. The molecule has 1 N–H and O–H groups in total. The summed E-state index contributed by atoms with van der Waals surface area (Å²) in [4.78, 5) is 0. The molecule has 0 aromatic carbocycles. The first-order valence-corrected chi connectivity index (χ1v) is 2.31. The molecule has 41 valence electrons. The standard InChI is InChI=1S/C5H10NO/c1-3-5(2)4-6-7/h4,7H,3H2,1-2H3/b6-4-. The van der Waals surface area contributed by atoms with Crippen molar-refractivity contribution in [3.8, 4) is 0 Å². The first kappa shape index (κ1) is 6.47. The lowest BCUT2D eigenvalue weighted by molar-refractivity contribution is 0.321. The Morgan fingerprint density at radius 1 is 1.86 bits per heavy atom. The van der Waals surface area contributed by atoms with Crippen molar-refractivity contribution >= 4 is 6.21 Å². The number of rotatable bonds is 2. The van der Waals surface area contributed by atoms with Crippen LogP contribution in [0.5, 0.6) is 0 Å². The molecule has 2 nitrogen and oxygen atoms in total. The molecule has 0 saturated carbocycles. The van der Waals surface area contributed by atoms with Gasteiger partial charge in [-0.1, -0.05) is 13.8 Å². The fourth-order valence-corrected chi connectivity index (χ4v) is 0.190. The summed E-state index contributed by atoms with van der Waals surface area (Å²) in [5, 5.41) is 10.8. The lowest BCUT2D eigenvalue weighted by Crippen LogP contribution is -1.87. The zero-order valence-corrected chi connectivity index (χ0v) is 4.68. The lowest BCUT2D eigenvalue weighted by Gasteiger charge is -1.92. The molecular weight excluding hydrogens is 90.1 g/mol. The topological polar surface area (TPSA) is 32.6 Å². The minimum atomic E-state index is 0.948. The molecule has 0 aliphatic heterocycles. The van der Waals surface area contributed by atoms with Gasteiger partial charge in [-0.15, -0.1) is 5.16 Å². The van der Waals surface area contributed by atoms with E-state index in [9.17, 15) is 0 Å². The minimum absolute atomic E-state index is 0.948. The van der Waals surface area contributed by atoms with Crippen molar-refractivity contribution < 1.29 is 5.21 Å². The van der Waals surface area contributed by atoms with Crippen LogP contribution in [-0.4, -0.2) is 11.4 Å². The second-order valence-corrected chi connectivity index (χ2v) is 1.44. The minimum Gasteiger partial charge on any atom is -0.411 e. The average Bonchev–Trinajstić information content (AvgIpc) is 1.68. The van der Waals surface area contributed by atoms with E-state index in [1.807, 2.05) is 13.8 Å². The molecule has 0 atom stereocenters. The molecule has 0 saturated heterocycles. The molecule has 0 rings (SSSR count). The van der Waals surface area contributed by atoms with Crippen molar-refractivity contribution in [2.24, 2.45) is 5.16 Å². The average molecular weight is 100 g/mol. The van der Waals surface area contributed by atoms with Gasteiger partial charge in [-0.3, -0.25) is 0 Å². The highest BCUT2D eigenvalue weighted by atomic mass is 16.4. The fourth-order valence-electron chi connectivity index (χ4n) is 0.190. The van der Waals surface area contributed by atoms with Gasteiger partial charge in [0.15, 0.2) is 0 Å². The summed E-state index contributed by atoms with van der Waals surface area (Å²) in [6.45, 7) is 3.93. The van der Waals surface area contributed by atoms with E-state index in [1.54, 1.807) is 0 Å². The fraction of sp³-hybridized carbons (Fsp3) is 0.600. The Labute approximate surface area is 43.8 Å². The second kappa shape index (κ2) is 3.65. The van der Waals surface area contributed by atoms with Crippen LogP contribution in [-0.2, 0) is 0 Å². The quantitative estimate of drug-likeness (QED) is 0.318. The summed E-state index contributed by atoms with van der Waals surface area (Å²) < 4.78 is 0. The molecule has 1 radical (unpaired) electrons. The van der Waals surface area contributed by atoms with Gasteiger partial charge in [0.25, 0.3) is 0 Å². The van der Waals surface area contributed by atoms with Gasteiger partial charge in [0.05, 0.1) is 6.21 Å². The number of oxime groups is 1. The predicted molar refractivity (Wildman–Crippen MR) is 29.5 cm³/mol. The Bertz CT molecular complexity index is 61.1. The first-order valence-electron chi connectivity index (χ1n) is 2.31. The normalized spacial score (nSPS) is 11.3. The summed E-state index contributed by atoms with van der Waals surface area (Å²) in [5.74, 6) is 1.09. The van der Waals surface area contributed by atoms with Gasteiger partial charge in [-0.05, 0) is 6.42 Å². The van der Waals surface area contributed by atoms with E-state index in [4.69, 9.17) is 5.21 Å². The van der Waals surface area contributed by atoms with Gasteiger partial charge in [0.2, 0.25) is 0 Å². The highest BCUT2D eigenvalue weighted by molar-refractivity contribution is 5.72. The van der Waals surface area contributed by atoms with Crippen molar-refractivity contribution in [1.29, 1.82) is 0 Å². The van der Waals surface area contributed by atoms with E-state index < -0.39 is 0 Å². The molecule has 2 heteroatoms. The number of nitrogens with zero attached hydrogens (tertiary/aromatic N) is 1. The third-order valence-electron chi connectivity index (χ3n) is 0.836. The Kier molecular flexibility index (Phi) is 3.38. The monoisotopic (exact) mass is 100 g/mol. The molecule has 0 bridgehead atoms. The van der Waals surface area contributed by atoms with Crippen LogP contribution in [0.25, 0.3) is 0 Å². The van der Waals surface area contributed by atoms with Crippen molar-refractivity contribution in [2.45, 2.75) is 20.3 Å². The third kappa shape index (κ3) is 3.30. The molecule has 0 amide bonds. The molecular formula is C5H10NO. The van der Waals surface area contributed by atoms with Gasteiger partial charge in [0.1, 0.15) is 0 Å². The van der Waals surface area contributed by atoms with Gasteiger partial charge in [0, 0.05) is 5.92 Å². The van der Waals surface area contributed by atoms with Crippen LogP contribution < -0.4 is 0 Å². The third-order valence-corrected chi connectivity index (χ3v) is 0.836. The molecule has 0 heterocycles. The molecule has 7 heavy (non-hydrogen) atoms. The highest BCUT2D eigenvalue weighted by Crippen LogP contribution is 1.96. The van der Waals surface area contributed by atoms with Crippen LogP contribution in [0.1, 0.15) is 20.3 Å². The zero-order valence-electron chi connectivity index (χ0n) is 4.68. The molecule has 0 aliphatic carbocycles. The van der Waals surface area contributed by atoms with Gasteiger partial charge in [-0.25, -0.2) is 0 Å². The Morgan fingerprint density at radius 3 is 2.57 bits per heavy atom. The van der Waals surface area contributed by atoms with Crippen LogP contribution in [0.4, 0.5) is 0 Å². The largest absolute Gasteiger partial charge is 0.411 e. The van der Waals surface area contributed by atoms with E-state index in [0.717, 1.165) is 12.3 Å². The van der Waals surface area contributed by atoms with Crippen LogP contribution in [0, 0.1) is 5.92 Å². The van der Waals surface area contributed by atoms with E-state index in [1.165, 1.54) is 6.21 Å². The summed E-state index contributed by atoms with van der Waals surface area (Å²) in [6, 6.07) is 0. The molecule has 0 aliphatic rings. The predicted octanol–water partition coefficient (Wildman–Crippen LogP) is 1.45. The first-order chi connectivity index (χ1) is 3.31. The zero-order chi connectivity index (χ0) is 5.70. The van der Waals surface area contributed by atoms with Crippen LogP contribution in [0.3, 0.4) is 0 Å². The van der Waals surface area contributed by atoms with E-state index in [0.29, 0.717) is 0 Å². The second-order valence-electron chi connectivity index (χ2n) is 1.44. The van der Waals surface area contributed by atoms with Gasteiger partial charge >= 0.3 is 0 Å². The van der Waals surface area contributed by atoms with Gasteiger partial charge < -0.3 is 5.21 Å². The Balaban J connectivity index is 3.16.